The Morgan fingerprint density at radius 1 is 1.61 bits per heavy atom. The Hall–Kier alpha value is -0.910. The van der Waals surface area contributed by atoms with Gasteiger partial charge in [0.25, 0.3) is 0 Å². The third kappa shape index (κ3) is 2.58. The van der Waals surface area contributed by atoms with E-state index in [4.69, 9.17) is 4.74 Å². The van der Waals surface area contributed by atoms with Gasteiger partial charge in [-0.2, -0.15) is 0 Å². The van der Waals surface area contributed by atoms with Gasteiger partial charge in [0.15, 0.2) is 0 Å². The molecule has 3 rings (SSSR count). The summed E-state index contributed by atoms with van der Waals surface area (Å²) in [6.07, 6.45) is 1.98. The maximum absolute atomic E-state index is 12.0. The molecule has 3 atom stereocenters. The van der Waals surface area contributed by atoms with Gasteiger partial charge in [-0.05, 0) is 36.8 Å². The third-order valence-corrected chi connectivity index (χ3v) is 4.60. The van der Waals surface area contributed by atoms with Crippen molar-refractivity contribution in [2.24, 2.45) is 5.92 Å². The summed E-state index contributed by atoms with van der Waals surface area (Å²) in [5.41, 5.74) is 0. The summed E-state index contributed by atoms with van der Waals surface area (Å²) < 4.78 is 5.83. The zero-order valence-electron chi connectivity index (χ0n) is 10.2. The SMILES string of the molecule is O=C(NCc1cccs1)[C@@H]1C[C@@H]2CCNC[C@H]2O1. The molecule has 18 heavy (non-hydrogen) atoms. The largest absolute Gasteiger partial charge is 0.364 e. The molecule has 0 aromatic carbocycles. The fourth-order valence-corrected chi connectivity index (χ4v) is 3.37. The molecule has 0 aliphatic carbocycles. The summed E-state index contributed by atoms with van der Waals surface area (Å²) in [5, 5.41) is 8.30. The average Bonchev–Trinajstić information content (AvgIpc) is 3.04. The molecule has 2 fully saturated rings. The van der Waals surface area contributed by atoms with Crippen molar-refractivity contribution in [1.82, 2.24) is 10.6 Å². The maximum Gasteiger partial charge on any atom is 0.249 e. The summed E-state index contributed by atoms with van der Waals surface area (Å²) in [5.74, 6) is 0.599. The zero-order chi connectivity index (χ0) is 12.4. The van der Waals surface area contributed by atoms with Crippen LogP contribution in [-0.2, 0) is 16.1 Å². The fourth-order valence-electron chi connectivity index (χ4n) is 2.72. The van der Waals surface area contributed by atoms with Crippen molar-refractivity contribution in [3.63, 3.8) is 0 Å². The number of carbonyl (C=O) groups is 1. The molecule has 0 spiro atoms. The molecule has 0 unspecified atom stereocenters. The lowest BCUT2D eigenvalue weighted by atomic mass is 9.93. The van der Waals surface area contributed by atoms with Crippen molar-refractivity contribution >= 4 is 17.2 Å². The first kappa shape index (κ1) is 12.1. The number of hydrogen-bond donors (Lipinski definition) is 2. The van der Waals surface area contributed by atoms with Crippen LogP contribution in [0.3, 0.4) is 0 Å². The number of hydrogen-bond acceptors (Lipinski definition) is 4. The van der Waals surface area contributed by atoms with Crippen molar-refractivity contribution in [3.8, 4) is 0 Å². The number of amides is 1. The predicted molar refractivity (Wildman–Crippen MR) is 70.4 cm³/mol. The van der Waals surface area contributed by atoms with Gasteiger partial charge >= 0.3 is 0 Å². The quantitative estimate of drug-likeness (QED) is 0.862. The summed E-state index contributed by atoms with van der Waals surface area (Å²) in [7, 11) is 0. The molecule has 1 aromatic rings. The normalized spacial score (nSPS) is 31.0. The van der Waals surface area contributed by atoms with E-state index in [2.05, 4.69) is 10.6 Å². The topological polar surface area (TPSA) is 50.4 Å². The monoisotopic (exact) mass is 266 g/mol. The van der Waals surface area contributed by atoms with E-state index in [0.29, 0.717) is 12.5 Å². The second kappa shape index (κ2) is 5.38. The average molecular weight is 266 g/mol. The Bertz CT molecular complexity index is 393. The maximum atomic E-state index is 12.0. The van der Waals surface area contributed by atoms with Crippen molar-refractivity contribution < 1.29 is 9.53 Å². The van der Waals surface area contributed by atoms with Gasteiger partial charge in [-0.1, -0.05) is 6.07 Å². The van der Waals surface area contributed by atoms with Gasteiger partial charge in [-0.25, -0.2) is 0 Å². The van der Waals surface area contributed by atoms with E-state index in [9.17, 15) is 4.79 Å². The Morgan fingerprint density at radius 3 is 3.33 bits per heavy atom. The van der Waals surface area contributed by atoms with Crippen LogP contribution in [0.4, 0.5) is 0 Å². The Balaban J connectivity index is 1.51. The number of rotatable bonds is 3. The van der Waals surface area contributed by atoms with Crippen molar-refractivity contribution in [3.05, 3.63) is 22.4 Å². The van der Waals surface area contributed by atoms with Gasteiger partial charge in [0.1, 0.15) is 6.10 Å². The lowest BCUT2D eigenvalue weighted by molar-refractivity contribution is -0.132. The van der Waals surface area contributed by atoms with Gasteiger partial charge < -0.3 is 15.4 Å². The molecule has 0 radical (unpaired) electrons. The van der Waals surface area contributed by atoms with Gasteiger partial charge in [-0.15, -0.1) is 11.3 Å². The first-order valence-corrected chi connectivity index (χ1v) is 7.37. The molecule has 2 aliphatic rings. The first-order valence-electron chi connectivity index (χ1n) is 6.49. The highest BCUT2D eigenvalue weighted by atomic mass is 32.1. The van der Waals surface area contributed by atoms with E-state index in [1.54, 1.807) is 11.3 Å². The van der Waals surface area contributed by atoms with E-state index in [-0.39, 0.29) is 18.1 Å². The molecule has 2 aliphatic heterocycles. The lowest BCUT2D eigenvalue weighted by Crippen LogP contribution is -2.39. The number of thiophene rings is 1. The molecule has 1 amide bonds. The summed E-state index contributed by atoms with van der Waals surface area (Å²) in [4.78, 5) is 13.2. The highest BCUT2D eigenvalue weighted by Gasteiger charge is 2.39. The molecule has 1 aromatic heterocycles. The summed E-state index contributed by atoms with van der Waals surface area (Å²) in [6.45, 7) is 2.55. The van der Waals surface area contributed by atoms with Crippen LogP contribution in [0.1, 0.15) is 17.7 Å². The minimum Gasteiger partial charge on any atom is -0.364 e. The Labute approximate surface area is 111 Å². The second-order valence-electron chi connectivity index (χ2n) is 4.95. The molecule has 3 heterocycles. The zero-order valence-corrected chi connectivity index (χ0v) is 11.0. The van der Waals surface area contributed by atoms with Crippen LogP contribution in [0.5, 0.6) is 0 Å². The van der Waals surface area contributed by atoms with E-state index in [1.807, 2.05) is 17.5 Å². The van der Waals surface area contributed by atoms with E-state index in [1.165, 1.54) is 4.88 Å². The highest BCUT2D eigenvalue weighted by molar-refractivity contribution is 7.09. The standard InChI is InChI=1S/C13H18N2O2S/c16-13(15-7-10-2-1-5-18-10)11-6-9-3-4-14-8-12(9)17-11/h1-2,5,9,11-12,14H,3-4,6-8H2,(H,15,16)/t9-,11-,12+/m0/s1. The van der Waals surface area contributed by atoms with Crippen LogP contribution in [0.25, 0.3) is 0 Å². The molecule has 4 nitrogen and oxygen atoms in total. The Morgan fingerprint density at radius 2 is 2.56 bits per heavy atom. The van der Waals surface area contributed by atoms with Crippen LogP contribution in [0.15, 0.2) is 17.5 Å². The minimum atomic E-state index is -0.250. The number of carbonyl (C=O) groups excluding carboxylic acids is 1. The molecule has 98 valence electrons. The van der Waals surface area contributed by atoms with Crippen molar-refractivity contribution in [2.75, 3.05) is 13.1 Å². The van der Waals surface area contributed by atoms with Gasteiger partial charge in [0.2, 0.25) is 5.91 Å². The molecule has 5 heteroatoms. The van der Waals surface area contributed by atoms with E-state index >= 15 is 0 Å². The summed E-state index contributed by atoms with van der Waals surface area (Å²) in [6, 6.07) is 4.03. The van der Waals surface area contributed by atoms with Crippen molar-refractivity contribution in [2.45, 2.75) is 31.6 Å². The number of ether oxygens (including phenoxy) is 1. The van der Waals surface area contributed by atoms with E-state index in [0.717, 1.165) is 25.9 Å². The Kier molecular flexibility index (Phi) is 3.63. The van der Waals surface area contributed by atoms with E-state index < -0.39 is 0 Å². The number of piperidine rings is 1. The molecular weight excluding hydrogens is 248 g/mol. The minimum absolute atomic E-state index is 0.0396. The first-order chi connectivity index (χ1) is 8.83. The lowest BCUT2D eigenvalue weighted by Gasteiger charge is -2.24. The second-order valence-corrected chi connectivity index (χ2v) is 5.98. The predicted octanol–water partition coefficient (Wildman–Crippen LogP) is 1.13. The number of fused-ring (bicyclic) bond motifs is 1. The van der Waals surface area contributed by atoms with Crippen LogP contribution in [0, 0.1) is 5.92 Å². The molecule has 2 N–H and O–H groups in total. The van der Waals surface area contributed by atoms with Gasteiger partial charge in [-0.3, -0.25) is 4.79 Å². The molecule has 2 saturated heterocycles. The van der Waals surface area contributed by atoms with Crippen LogP contribution >= 0.6 is 11.3 Å². The fraction of sp³-hybridized carbons (Fsp3) is 0.615. The van der Waals surface area contributed by atoms with Crippen LogP contribution in [-0.4, -0.2) is 31.2 Å². The molecule has 0 bridgehead atoms. The van der Waals surface area contributed by atoms with Crippen molar-refractivity contribution in [1.29, 1.82) is 0 Å². The highest BCUT2D eigenvalue weighted by Crippen LogP contribution is 2.30. The van der Waals surface area contributed by atoms with Gasteiger partial charge in [0.05, 0.1) is 12.6 Å². The van der Waals surface area contributed by atoms with Gasteiger partial charge in [0, 0.05) is 11.4 Å². The number of nitrogens with one attached hydrogen (secondary N) is 2. The van der Waals surface area contributed by atoms with Crippen LogP contribution < -0.4 is 10.6 Å². The summed E-state index contributed by atoms with van der Waals surface area (Å²) >= 11 is 1.66. The van der Waals surface area contributed by atoms with Crippen LogP contribution in [0.2, 0.25) is 0 Å². The third-order valence-electron chi connectivity index (χ3n) is 3.73. The smallest absolute Gasteiger partial charge is 0.249 e. The molecule has 0 saturated carbocycles. The molecular formula is C13H18N2O2S.